The number of hydrogen-bond acceptors (Lipinski definition) is 4. The largest absolute Gasteiger partial charge is 0.389 e. The lowest BCUT2D eigenvalue weighted by atomic mass is 10.0. The second-order valence-electron chi connectivity index (χ2n) is 4.27. The Kier molecular flexibility index (Phi) is 6.43. The first-order valence-corrected chi connectivity index (χ1v) is 5.82. The van der Waals surface area contributed by atoms with Gasteiger partial charge in [0.2, 0.25) is 0 Å². The minimum atomic E-state index is -0.409. The van der Waals surface area contributed by atoms with Crippen molar-refractivity contribution in [2.24, 2.45) is 0 Å². The lowest BCUT2D eigenvalue weighted by Crippen LogP contribution is -2.45. The van der Waals surface area contributed by atoms with E-state index in [2.05, 4.69) is 16.1 Å². The van der Waals surface area contributed by atoms with Gasteiger partial charge in [0.15, 0.2) is 0 Å². The van der Waals surface area contributed by atoms with E-state index in [1.807, 2.05) is 0 Å². The fraction of sp³-hybridized carbons (Fsp3) is 0.833. The Labute approximate surface area is 98.0 Å². The van der Waals surface area contributed by atoms with Gasteiger partial charge in [-0.25, -0.2) is 0 Å². The van der Waals surface area contributed by atoms with E-state index in [4.69, 9.17) is 11.2 Å². The van der Waals surface area contributed by atoms with Gasteiger partial charge in [-0.05, 0) is 12.8 Å². The molecule has 4 heteroatoms. The van der Waals surface area contributed by atoms with Crippen LogP contribution in [-0.2, 0) is 4.74 Å². The maximum atomic E-state index is 9.49. The number of hydrogen-bond donors (Lipinski definition) is 2. The molecule has 1 aliphatic heterocycles. The topological polar surface area (TPSA) is 44.7 Å². The Bertz CT molecular complexity index is 220. The van der Waals surface area contributed by atoms with Crippen LogP contribution in [0.1, 0.15) is 12.8 Å². The molecule has 1 saturated heterocycles. The lowest BCUT2D eigenvalue weighted by Gasteiger charge is -2.31. The molecule has 0 aromatic heterocycles. The molecule has 0 saturated carbocycles. The highest BCUT2D eigenvalue weighted by atomic mass is 16.5. The van der Waals surface area contributed by atoms with Gasteiger partial charge in [-0.2, -0.15) is 0 Å². The zero-order valence-corrected chi connectivity index (χ0v) is 9.98. The quantitative estimate of drug-likeness (QED) is 0.609. The summed E-state index contributed by atoms with van der Waals surface area (Å²) in [5, 5.41) is 12.9. The second kappa shape index (κ2) is 7.64. The highest BCUT2D eigenvalue weighted by Gasteiger charge is 2.18. The molecule has 0 aromatic carbocycles. The summed E-state index contributed by atoms with van der Waals surface area (Å²) >= 11 is 0. The van der Waals surface area contributed by atoms with Gasteiger partial charge in [-0.3, -0.25) is 4.90 Å². The molecule has 92 valence electrons. The van der Waals surface area contributed by atoms with Crippen LogP contribution in [0.25, 0.3) is 0 Å². The minimum absolute atomic E-state index is 0.392. The molecule has 2 N–H and O–H groups in total. The summed E-state index contributed by atoms with van der Waals surface area (Å²) in [7, 11) is 1.60. The molecule has 1 fully saturated rings. The fourth-order valence-corrected chi connectivity index (χ4v) is 1.98. The molecule has 0 spiro atoms. The van der Waals surface area contributed by atoms with E-state index in [1.54, 1.807) is 7.11 Å². The predicted molar refractivity (Wildman–Crippen MR) is 64.2 cm³/mol. The molecule has 0 bridgehead atoms. The van der Waals surface area contributed by atoms with E-state index in [0.717, 1.165) is 32.5 Å². The Morgan fingerprint density at radius 3 is 2.81 bits per heavy atom. The van der Waals surface area contributed by atoms with Crippen LogP contribution >= 0.6 is 0 Å². The number of nitrogens with zero attached hydrogens (tertiary/aromatic N) is 1. The van der Waals surface area contributed by atoms with Gasteiger partial charge in [-0.1, -0.05) is 5.92 Å². The Hall–Kier alpha value is -0.600. The molecule has 16 heavy (non-hydrogen) atoms. The van der Waals surface area contributed by atoms with Gasteiger partial charge < -0.3 is 15.2 Å². The van der Waals surface area contributed by atoms with Gasteiger partial charge in [-0.15, -0.1) is 6.42 Å². The highest BCUT2D eigenvalue weighted by Crippen LogP contribution is 2.09. The Morgan fingerprint density at radius 1 is 1.56 bits per heavy atom. The van der Waals surface area contributed by atoms with Gasteiger partial charge in [0.25, 0.3) is 0 Å². The van der Waals surface area contributed by atoms with Gasteiger partial charge in [0.05, 0.1) is 19.3 Å². The molecular formula is C12H22N2O2. The van der Waals surface area contributed by atoms with Gasteiger partial charge in [0.1, 0.15) is 0 Å². The van der Waals surface area contributed by atoms with E-state index >= 15 is 0 Å². The summed E-state index contributed by atoms with van der Waals surface area (Å²) in [6, 6.07) is 0.500. The molecule has 0 radical (unpaired) electrons. The summed E-state index contributed by atoms with van der Waals surface area (Å²) in [5.41, 5.74) is 0. The average molecular weight is 226 g/mol. The number of aliphatic hydroxyl groups is 1. The minimum Gasteiger partial charge on any atom is -0.389 e. The van der Waals surface area contributed by atoms with Crippen molar-refractivity contribution in [3.05, 3.63) is 0 Å². The third-order valence-electron chi connectivity index (χ3n) is 2.90. The third-order valence-corrected chi connectivity index (χ3v) is 2.90. The lowest BCUT2D eigenvalue weighted by molar-refractivity contribution is 0.0606. The second-order valence-corrected chi connectivity index (χ2v) is 4.27. The van der Waals surface area contributed by atoms with Crippen LogP contribution in [0.2, 0.25) is 0 Å². The SMILES string of the molecule is C#CCN1CCC(NCC(O)COC)CC1. The molecule has 0 aromatic rings. The fourth-order valence-electron chi connectivity index (χ4n) is 1.98. The molecule has 1 rings (SSSR count). The maximum absolute atomic E-state index is 9.49. The van der Waals surface area contributed by atoms with E-state index < -0.39 is 6.10 Å². The van der Waals surface area contributed by atoms with Crippen LogP contribution in [0, 0.1) is 12.3 Å². The van der Waals surface area contributed by atoms with Crippen molar-refractivity contribution < 1.29 is 9.84 Å². The van der Waals surface area contributed by atoms with Crippen molar-refractivity contribution >= 4 is 0 Å². The summed E-state index contributed by atoms with van der Waals surface area (Å²) in [4.78, 5) is 2.28. The highest BCUT2D eigenvalue weighted by molar-refractivity contribution is 4.90. The molecule has 0 amide bonds. The first kappa shape index (κ1) is 13.5. The number of rotatable bonds is 6. The van der Waals surface area contributed by atoms with Crippen molar-refractivity contribution in [3.8, 4) is 12.3 Å². The van der Waals surface area contributed by atoms with E-state index in [-0.39, 0.29) is 0 Å². The zero-order valence-electron chi connectivity index (χ0n) is 9.98. The van der Waals surface area contributed by atoms with Crippen molar-refractivity contribution in [2.45, 2.75) is 25.0 Å². The number of piperidine rings is 1. The van der Waals surface area contributed by atoms with Crippen LogP contribution in [0.4, 0.5) is 0 Å². The monoisotopic (exact) mass is 226 g/mol. The van der Waals surface area contributed by atoms with Gasteiger partial charge in [0, 0.05) is 32.8 Å². The van der Waals surface area contributed by atoms with Crippen molar-refractivity contribution in [1.82, 2.24) is 10.2 Å². The molecule has 1 heterocycles. The molecule has 1 aliphatic rings. The first-order chi connectivity index (χ1) is 7.76. The number of nitrogens with one attached hydrogen (secondary N) is 1. The maximum Gasteiger partial charge on any atom is 0.0897 e. The van der Waals surface area contributed by atoms with Crippen LogP contribution in [0.3, 0.4) is 0 Å². The van der Waals surface area contributed by atoms with Crippen molar-refractivity contribution in [1.29, 1.82) is 0 Å². The summed E-state index contributed by atoms with van der Waals surface area (Å²) in [5.74, 6) is 2.67. The number of ether oxygens (including phenoxy) is 1. The van der Waals surface area contributed by atoms with Crippen LogP contribution in [0.5, 0.6) is 0 Å². The summed E-state index contributed by atoms with van der Waals surface area (Å²) in [6.45, 7) is 3.83. The zero-order chi connectivity index (χ0) is 11.8. The van der Waals surface area contributed by atoms with Crippen LogP contribution in [-0.4, -0.2) is 62.0 Å². The Balaban J connectivity index is 2.10. The third kappa shape index (κ3) is 4.95. The molecular weight excluding hydrogens is 204 g/mol. The summed E-state index contributed by atoms with van der Waals surface area (Å²) < 4.78 is 4.87. The van der Waals surface area contributed by atoms with Gasteiger partial charge >= 0.3 is 0 Å². The normalized spacial score (nSPS) is 20.6. The molecule has 0 aliphatic carbocycles. The average Bonchev–Trinajstić information content (AvgIpc) is 2.29. The standard InChI is InChI=1S/C12H22N2O2/c1-3-6-14-7-4-11(5-8-14)13-9-12(15)10-16-2/h1,11-13,15H,4-10H2,2H3. The van der Waals surface area contributed by atoms with Crippen molar-refractivity contribution in [3.63, 3.8) is 0 Å². The van der Waals surface area contributed by atoms with Crippen LogP contribution < -0.4 is 5.32 Å². The predicted octanol–water partition coefficient (Wildman–Crippen LogP) is -0.319. The van der Waals surface area contributed by atoms with Crippen molar-refractivity contribution in [2.75, 3.05) is 39.9 Å². The van der Waals surface area contributed by atoms with E-state index in [0.29, 0.717) is 19.2 Å². The smallest absolute Gasteiger partial charge is 0.0897 e. The number of aliphatic hydroxyl groups excluding tert-OH is 1. The summed E-state index contributed by atoms with van der Waals surface area (Å²) in [6.07, 6.45) is 7.06. The molecule has 4 nitrogen and oxygen atoms in total. The molecule has 1 atom stereocenters. The van der Waals surface area contributed by atoms with E-state index in [9.17, 15) is 5.11 Å². The Morgan fingerprint density at radius 2 is 2.25 bits per heavy atom. The van der Waals surface area contributed by atoms with Crippen LogP contribution in [0.15, 0.2) is 0 Å². The number of methoxy groups -OCH3 is 1. The molecule has 1 unspecified atom stereocenters. The number of likely N-dealkylation sites (tertiary alicyclic amines) is 1. The first-order valence-electron chi connectivity index (χ1n) is 5.82. The number of terminal acetylenes is 1. The van der Waals surface area contributed by atoms with E-state index in [1.165, 1.54) is 0 Å².